The van der Waals surface area contributed by atoms with Gasteiger partial charge in [0.1, 0.15) is 0 Å². The highest BCUT2D eigenvalue weighted by Gasteiger charge is 2.22. The van der Waals surface area contributed by atoms with Gasteiger partial charge in [-0.15, -0.1) is 0 Å². The highest BCUT2D eigenvalue weighted by Crippen LogP contribution is 2.23. The summed E-state index contributed by atoms with van der Waals surface area (Å²) >= 11 is 5.89. The number of nitrogens with zero attached hydrogens (tertiary/aromatic N) is 2. The van der Waals surface area contributed by atoms with Gasteiger partial charge in [-0.1, -0.05) is 29.8 Å². The second-order valence-corrected chi connectivity index (χ2v) is 6.10. The van der Waals surface area contributed by atoms with E-state index in [9.17, 15) is 19.7 Å². The maximum atomic E-state index is 12.5. The maximum absolute atomic E-state index is 12.5. The average Bonchev–Trinajstić information content (AvgIpc) is 2.60. The number of hydrogen-bond acceptors (Lipinski definition) is 5. The molecule has 0 spiro atoms. The molecule has 0 fully saturated rings. The zero-order chi connectivity index (χ0) is 19.3. The molecule has 0 saturated carbocycles. The number of rotatable bonds is 6. The van der Waals surface area contributed by atoms with Crippen molar-refractivity contribution in [2.75, 3.05) is 11.5 Å². The molecule has 1 amide bonds. The monoisotopic (exact) mass is 376 g/mol. The number of anilines is 1. The Labute approximate surface area is 155 Å². The number of hydrogen-bond donors (Lipinski definition) is 0. The van der Waals surface area contributed by atoms with Gasteiger partial charge in [0.25, 0.3) is 11.6 Å². The van der Waals surface area contributed by atoms with Crippen molar-refractivity contribution in [2.24, 2.45) is 0 Å². The van der Waals surface area contributed by atoms with Crippen LogP contribution in [0.3, 0.4) is 0 Å². The van der Waals surface area contributed by atoms with E-state index in [1.807, 2.05) is 19.9 Å². The van der Waals surface area contributed by atoms with Crippen molar-refractivity contribution in [3.05, 3.63) is 69.2 Å². The van der Waals surface area contributed by atoms with Crippen molar-refractivity contribution in [2.45, 2.75) is 19.9 Å². The molecule has 0 aromatic heterocycles. The number of ether oxygens (including phenoxy) is 1. The summed E-state index contributed by atoms with van der Waals surface area (Å²) in [5.41, 5.74) is 0.412. The first-order chi connectivity index (χ1) is 12.3. The van der Waals surface area contributed by atoms with E-state index in [1.165, 1.54) is 11.0 Å². The van der Waals surface area contributed by atoms with Crippen LogP contribution in [0.15, 0.2) is 48.5 Å². The Morgan fingerprint density at radius 3 is 2.38 bits per heavy atom. The van der Waals surface area contributed by atoms with Gasteiger partial charge in [-0.05, 0) is 32.0 Å². The summed E-state index contributed by atoms with van der Waals surface area (Å²) in [5.74, 6) is -1.22. The fraction of sp³-hybridized carbons (Fsp3) is 0.222. The molecule has 0 aliphatic rings. The second kappa shape index (κ2) is 8.44. The van der Waals surface area contributed by atoms with Gasteiger partial charge in [0.2, 0.25) is 0 Å². The van der Waals surface area contributed by atoms with Crippen LogP contribution in [-0.4, -0.2) is 29.4 Å². The lowest BCUT2D eigenvalue weighted by Gasteiger charge is -2.26. The number of benzene rings is 2. The molecular weight excluding hydrogens is 360 g/mol. The van der Waals surface area contributed by atoms with Gasteiger partial charge in [0, 0.05) is 23.9 Å². The third-order valence-corrected chi connectivity index (χ3v) is 3.84. The van der Waals surface area contributed by atoms with Gasteiger partial charge < -0.3 is 9.64 Å². The third kappa shape index (κ3) is 4.58. The molecule has 8 heteroatoms. The van der Waals surface area contributed by atoms with Crippen molar-refractivity contribution in [3.63, 3.8) is 0 Å². The molecule has 0 heterocycles. The molecule has 2 rings (SSSR count). The number of nitro benzene ring substituents is 1. The molecule has 2 aromatic rings. The molecule has 0 N–H and O–H groups in total. The van der Waals surface area contributed by atoms with E-state index in [0.29, 0.717) is 5.69 Å². The molecule has 0 atom stereocenters. The average molecular weight is 377 g/mol. The van der Waals surface area contributed by atoms with Crippen LogP contribution in [-0.2, 0) is 9.53 Å². The molecular formula is C18H17ClN2O5. The number of carbonyl (C=O) groups is 2. The predicted octanol–water partition coefficient (Wildman–Crippen LogP) is 3.85. The highest BCUT2D eigenvalue weighted by molar-refractivity contribution is 6.33. The fourth-order valence-electron chi connectivity index (χ4n) is 2.38. The van der Waals surface area contributed by atoms with Crippen molar-refractivity contribution in [1.29, 1.82) is 0 Å². The van der Waals surface area contributed by atoms with Crippen LogP contribution in [0.5, 0.6) is 0 Å². The topological polar surface area (TPSA) is 89.8 Å². The van der Waals surface area contributed by atoms with E-state index in [-0.39, 0.29) is 22.3 Å². The van der Waals surface area contributed by atoms with E-state index < -0.39 is 23.4 Å². The summed E-state index contributed by atoms with van der Waals surface area (Å²) in [6.07, 6.45) is 0. The lowest BCUT2D eigenvalue weighted by molar-refractivity contribution is -0.384. The van der Waals surface area contributed by atoms with Crippen molar-refractivity contribution < 1.29 is 19.2 Å². The molecule has 136 valence electrons. The maximum Gasteiger partial charge on any atom is 0.340 e. The third-order valence-electron chi connectivity index (χ3n) is 3.53. The molecule has 0 bridgehead atoms. The molecule has 0 aliphatic carbocycles. The molecule has 7 nitrogen and oxygen atoms in total. The number of amides is 1. The first-order valence-corrected chi connectivity index (χ1v) is 8.17. The van der Waals surface area contributed by atoms with Gasteiger partial charge in [0.05, 0.1) is 15.5 Å². The van der Waals surface area contributed by atoms with E-state index >= 15 is 0 Å². The van der Waals surface area contributed by atoms with Crippen LogP contribution in [0.4, 0.5) is 11.4 Å². The Morgan fingerprint density at radius 1 is 1.19 bits per heavy atom. The van der Waals surface area contributed by atoms with Crippen LogP contribution in [0.25, 0.3) is 0 Å². The minimum Gasteiger partial charge on any atom is -0.452 e. The quantitative estimate of drug-likeness (QED) is 0.434. The van der Waals surface area contributed by atoms with Crippen LogP contribution in [0.2, 0.25) is 5.02 Å². The van der Waals surface area contributed by atoms with Crippen molar-refractivity contribution in [1.82, 2.24) is 0 Å². The van der Waals surface area contributed by atoms with E-state index in [4.69, 9.17) is 16.3 Å². The lowest BCUT2D eigenvalue weighted by Crippen LogP contribution is -2.39. The van der Waals surface area contributed by atoms with Gasteiger partial charge >= 0.3 is 5.97 Å². The number of halogens is 1. The Hall–Kier alpha value is -2.93. The summed E-state index contributed by atoms with van der Waals surface area (Å²) in [6.45, 7) is 3.22. The molecule has 0 aliphatic heterocycles. The number of carbonyl (C=O) groups excluding carboxylic acids is 2. The largest absolute Gasteiger partial charge is 0.452 e. The Balaban J connectivity index is 2.08. The van der Waals surface area contributed by atoms with Gasteiger partial charge in [-0.3, -0.25) is 14.9 Å². The van der Waals surface area contributed by atoms with Crippen LogP contribution >= 0.6 is 11.6 Å². The Kier molecular flexibility index (Phi) is 6.30. The van der Waals surface area contributed by atoms with E-state index in [0.717, 1.165) is 12.1 Å². The summed E-state index contributed by atoms with van der Waals surface area (Å²) < 4.78 is 5.04. The smallest absolute Gasteiger partial charge is 0.340 e. The lowest BCUT2D eigenvalue weighted by atomic mass is 10.2. The molecule has 26 heavy (non-hydrogen) atoms. The molecule has 0 saturated heterocycles. The van der Waals surface area contributed by atoms with E-state index in [2.05, 4.69) is 0 Å². The standard InChI is InChI=1S/C18H17ClN2O5/c1-12(2)20(13-6-4-3-5-7-13)17(22)11-26-18(23)15-9-8-14(21(24)25)10-16(15)19/h3-10,12H,11H2,1-2H3. The first-order valence-electron chi connectivity index (χ1n) is 7.79. The van der Waals surface area contributed by atoms with Crippen molar-refractivity contribution >= 4 is 34.9 Å². The minimum absolute atomic E-state index is 0.0409. The van der Waals surface area contributed by atoms with Gasteiger partial charge in [-0.2, -0.15) is 0 Å². The number of nitro groups is 1. The highest BCUT2D eigenvalue weighted by atomic mass is 35.5. The summed E-state index contributed by atoms with van der Waals surface area (Å²) in [5, 5.41) is 10.6. The summed E-state index contributed by atoms with van der Waals surface area (Å²) in [6, 6.07) is 12.3. The fourth-order valence-corrected chi connectivity index (χ4v) is 2.63. The number of esters is 1. The number of para-hydroxylation sites is 1. The predicted molar refractivity (Wildman–Crippen MR) is 97.5 cm³/mol. The van der Waals surface area contributed by atoms with Gasteiger partial charge in [-0.25, -0.2) is 4.79 Å². The van der Waals surface area contributed by atoms with Crippen LogP contribution < -0.4 is 4.90 Å². The molecule has 2 aromatic carbocycles. The Bertz CT molecular complexity index is 824. The minimum atomic E-state index is -0.824. The second-order valence-electron chi connectivity index (χ2n) is 5.69. The Morgan fingerprint density at radius 2 is 1.85 bits per heavy atom. The SMILES string of the molecule is CC(C)N(C(=O)COC(=O)c1ccc([N+](=O)[O-])cc1Cl)c1ccccc1. The summed E-state index contributed by atoms with van der Waals surface area (Å²) in [7, 11) is 0. The zero-order valence-corrected chi connectivity index (χ0v) is 15.0. The van der Waals surface area contributed by atoms with Crippen LogP contribution in [0.1, 0.15) is 24.2 Å². The van der Waals surface area contributed by atoms with Crippen molar-refractivity contribution in [3.8, 4) is 0 Å². The molecule has 0 radical (unpaired) electrons. The first kappa shape index (κ1) is 19.4. The van der Waals surface area contributed by atoms with E-state index in [1.54, 1.807) is 24.3 Å². The summed E-state index contributed by atoms with van der Waals surface area (Å²) in [4.78, 5) is 36.2. The number of non-ortho nitro benzene ring substituents is 1. The molecule has 0 unspecified atom stereocenters. The van der Waals surface area contributed by atoms with Crippen LogP contribution in [0, 0.1) is 10.1 Å². The normalized spacial score (nSPS) is 10.5. The zero-order valence-electron chi connectivity index (χ0n) is 14.2. The van der Waals surface area contributed by atoms with Gasteiger partial charge in [0.15, 0.2) is 6.61 Å².